The number of aliphatic carboxylic acids is 1. The molecule has 0 aromatic carbocycles. The maximum absolute atomic E-state index is 13.1. The maximum atomic E-state index is 13.1. The summed E-state index contributed by atoms with van der Waals surface area (Å²) in [6, 6.07) is 0. The number of carbonyl (C=O) groups excluding carboxylic acids is 1. The number of carboxylic acid groups (broad SMARTS) is 1. The molecule has 0 saturated carbocycles. The third-order valence-electron chi connectivity index (χ3n) is 9.06. The van der Waals surface area contributed by atoms with Gasteiger partial charge in [-0.1, -0.05) is 84.5 Å². The molecule has 0 spiro atoms. The van der Waals surface area contributed by atoms with E-state index in [1.807, 2.05) is 0 Å². The maximum Gasteiger partial charge on any atom is 0.308 e. The highest BCUT2D eigenvalue weighted by molar-refractivity contribution is 5.72. The van der Waals surface area contributed by atoms with Crippen molar-refractivity contribution in [3.05, 3.63) is 0 Å². The predicted molar refractivity (Wildman–Crippen MR) is 171 cm³/mol. The Labute approximate surface area is 279 Å². The molecule has 2 saturated heterocycles. The van der Waals surface area contributed by atoms with Crippen LogP contribution in [0.3, 0.4) is 0 Å². The SMILES string of the molecule is CCCCCCCCCC(CC(=O)O)OC(=O)CC(CCCCCCC)O[C@@H]1O[C@@H](C)[C@H](O)[C@@H](O[C@@H]2O[C@@H](C)[C@H](O)[C@@H](O)[C@H]2O)[C@H]1O. The quantitative estimate of drug-likeness (QED) is 0.0680. The molecule has 2 aliphatic rings. The van der Waals surface area contributed by atoms with Gasteiger partial charge in [-0.25, -0.2) is 0 Å². The van der Waals surface area contributed by atoms with Gasteiger partial charge in [0, 0.05) is 0 Å². The zero-order valence-electron chi connectivity index (χ0n) is 28.8. The number of carboxylic acids is 1. The molecular weight excluding hydrogens is 616 g/mol. The number of unbranched alkanes of at least 4 members (excludes halogenated alkanes) is 10. The predicted octanol–water partition coefficient (Wildman–Crippen LogP) is 3.33. The van der Waals surface area contributed by atoms with Gasteiger partial charge in [0.1, 0.15) is 42.7 Å². The van der Waals surface area contributed by atoms with Crippen LogP contribution >= 0.6 is 0 Å². The Balaban J connectivity index is 2.07. The lowest BCUT2D eigenvalue weighted by Crippen LogP contribution is -2.63. The number of hydrogen-bond acceptors (Lipinski definition) is 12. The summed E-state index contributed by atoms with van der Waals surface area (Å²) in [7, 11) is 0. The largest absolute Gasteiger partial charge is 0.481 e. The van der Waals surface area contributed by atoms with Crippen LogP contribution in [0.25, 0.3) is 0 Å². The first-order valence-corrected chi connectivity index (χ1v) is 17.8. The normalized spacial score (nSPS) is 32.5. The van der Waals surface area contributed by atoms with Crippen LogP contribution in [0.4, 0.5) is 0 Å². The van der Waals surface area contributed by atoms with E-state index in [9.17, 15) is 40.2 Å². The summed E-state index contributed by atoms with van der Waals surface area (Å²) in [6.07, 6.45) is -2.34. The number of carbonyl (C=O) groups is 2. The molecule has 2 unspecified atom stereocenters. The topological polar surface area (TPSA) is 202 Å². The summed E-state index contributed by atoms with van der Waals surface area (Å²) in [5.74, 6) is -1.65. The Morgan fingerprint density at radius 3 is 1.70 bits per heavy atom. The Morgan fingerprint density at radius 1 is 0.617 bits per heavy atom. The van der Waals surface area contributed by atoms with Crippen molar-refractivity contribution in [2.24, 2.45) is 0 Å². The molecule has 0 aliphatic carbocycles. The number of hydrogen-bond donors (Lipinski definition) is 6. The highest BCUT2D eigenvalue weighted by Crippen LogP contribution is 2.31. The number of aliphatic hydroxyl groups is 5. The van der Waals surface area contributed by atoms with Crippen LogP contribution in [0.1, 0.15) is 130 Å². The first-order valence-electron chi connectivity index (χ1n) is 17.8. The molecule has 12 atom stereocenters. The van der Waals surface area contributed by atoms with Gasteiger partial charge in [-0.15, -0.1) is 0 Å². The van der Waals surface area contributed by atoms with Crippen molar-refractivity contribution in [2.75, 3.05) is 0 Å². The monoisotopic (exact) mass is 678 g/mol. The van der Waals surface area contributed by atoms with E-state index in [0.29, 0.717) is 12.8 Å². The molecule has 2 rings (SSSR count). The Bertz CT molecular complexity index is 875. The van der Waals surface area contributed by atoms with Crippen molar-refractivity contribution in [1.82, 2.24) is 0 Å². The van der Waals surface area contributed by atoms with Gasteiger partial charge in [-0.05, 0) is 33.1 Å². The molecule has 13 nitrogen and oxygen atoms in total. The van der Waals surface area contributed by atoms with E-state index < -0.39 is 85.6 Å². The molecule has 0 aromatic rings. The third-order valence-corrected chi connectivity index (χ3v) is 9.06. The van der Waals surface area contributed by atoms with Crippen LogP contribution < -0.4 is 0 Å². The van der Waals surface area contributed by atoms with Gasteiger partial charge in [-0.2, -0.15) is 0 Å². The highest BCUT2D eigenvalue weighted by Gasteiger charge is 2.50. The number of rotatable bonds is 23. The summed E-state index contributed by atoms with van der Waals surface area (Å²) in [5, 5.41) is 62.1. The van der Waals surface area contributed by atoms with Crippen molar-refractivity contribution >= 4 is 11.9 Å². The second-order valence-electron chi connectivity index (χ2n) is 13.3. The van der Waals surface area contributed by atoms with Crippen LogP contribution in [0.2, 0.25) is 0 Å². The fourth-order valence-electron chi connectivity index (χ4n) is 6.08. The van der Waals surface area contributed by atoms with Crippen LogP contribution in [0, 0.1) is 0 Å². The van der Waals surface area contributed by atoms with Gasteiger partial charge in [-0.3, -0.25) is 9.59 Å². The van der Waals surface area contributed by atoms with E-state index in [0.717, 1.165) is 64.2 Å². The fraction of sp³-hybridized carbons (Fsp3) is 0.941. The van der Waals surface area contributed by atoms with Crippen LogP contribution in [-0.4, -0.2) is 116 Å². The van der Waals surface area contributed by atoms with Crippen molar-refractivity contribution in [3.8, 4) is 0 Å². The summed E-state index contributed by atoms with van der Waals surface area (Å²) in [4.78, 5) is 24.6. The minimum atomic E-state index is -1.65. The zero-order chi connectivity index (χ0) is 34.9. The lowest BCUT2D eigenvalue weighted by Gasteiger charge is -2.46. The molecule has 0 bridgehead atoms. The fourth-order valence-corrected chi connectivity index (χ4v) is 6.08. The summed E-state index contributed by atoms with van der Waals surface area (Å²) < 4.78 is 28.8. The molecular formula is C34H62O13. The average Bonchev–Trinajstić information content (AvgIpc) is 3.02. The van der Waals surface area contributed by atoms with Gasteiger partial charge in [0.05, 0.1) is 31.2 Å². The minimum Gasteiger partial charge on any atom is -0.481 e. The molecule has 2 aliphatic heterocycles. The number of aliphatic hydroxyl groups excluding tert-OH is 5. The van der Waals surface area contributed by atoms with E-state index in [4.69, 9.17) is 23.7 Å². The molecule has 6 N–H and O–H groups in total. The van der Waals surface area contributed by atoms with Crippen LogP contribution in [-0.2, 0) is 33.3 Å². The molecule has 0 radical (unpaired) electrons. The lowest BCUT2D eigenvalue weighted by atomic mass is 9.97. The minimum absolute atomic E-state index is 0.192. The summed E-state index contributed by atoms with van der Waals surface area (Å²) in [6.45, 7) is 7.31. The van der Waals surface area contributed by atoms with Crippen LogP contribution in [0.15, 0.2) is 0 Å². The van der Waals surface area contributed by atoms with Gasteiger partial charge in [0.15, 0.2) is 12.6 Å². The molecule has 0 amide bonds. The van der Waals surface area contributed by atoms with Gasteiger partial charge >= 0.3 is 11.9 Å². The molecule has 2 heterocycles. The first-order chi connectivity index (χ1) is 22.4. The first kappa shape index (κ1) is 41.7. The average molecular weight is 679 g/mol. The smallest absolute Gasteiger partial charge is 0.308 e. The Kier molecular flexibility index (Phi) is 19.8. The van der Waals surface area contributed by atoms with Crippen molar-refractivity contribution < 1.29 is 63.9 Å². The van der Waals surface area contributed by atoms with E-state index in [1.165, 1.54) is 19.8 Å². The summed E-state index contributed by atoms with van der Waals surface area (Å²) >= 11 is 0. The van der Waals surface area contributed by atoms with Crippen molar-refractivity contribution in [3.63, 3.8) is 0 Å². The molecule has 13 heteroatoms. The lowest BCUT2D eigenvalue weighted by molar-refractivity contribution is -0.358. The second-order valence-corrected chi connectivity index (χ2v) is 13.3. The van der Waals surface area contributed by atoms with E-state index in [1.54, 1.807) is 6.92 Å². The second kappa shape index (κ2) is 22.3. The van der Waals surface area contributed by atoms with Crippen molar-refractivity contribution in [2.45, 2.75) is 204 Å². The molecule has 2 fully saturated rings. The zero-order valence-corrected chi connectivity index (χ0v) is 28.8. The Hall–Kier alpha value is -1.42. The molecule has 276 valence electrons. The number of ether oxygens (including phenoxy) is 5. The van der Waals surface area contributed by atoms with Gasteiger partial charge in [0.2, 0.25) is 0 Å². The summed E-state index contributed by atoms with van der Waals surface area (Å²) in [5.41, 5.74) is 0. The van der Waals surface area contributed by atoms with E-state index >= 15 is 0 Å². The van der Waals surface area contributed by atoms with E-state index in [2.05, 4.69) is 13.8 Å². The third kappa shape index (κ3) is 14.5. The van der Waals surface area contributed by atoms with Gasteiger partial charge < -0.3 is 54.3 Å². The van der Waals surface area contributed by atoms with Crippen molar-refractivity contribution in [1.29, 1.82) is 0 Å². The highest BCUT2D eigenvalue weighted by atomic mass is 16.7. The standard InChI is InChI=1S/C34H62O13/c1-5-7-9-11-12-14-16-17-23(19-25(35)36)45-26(37)20-24(18-15-13-10-8-6-2)46-34-31(42)32(28(39)22(4)44-34)47-33-30(41)29(40)27(38)21(3)43-33/h21-24,27-34,38-42H,5-20H2,1-4H3,(H,35,36)/t21-,22-,23?,24?,27-,28-,29+,30+,31+,32+,33-,34-/m0/s1. The Morgan fingerprint density at radius 2 is 1.13 bits per heavy atom. The molecule has 0 aromatic heterocycles. The number of esters is 1. The van der Waals surface area contributed by atoms with Crippen LogP contribution in [0.5, 0.6) is 0 Å². The van der Waals surface area contributed by atoms with E-state index in [-0.39, 0.29) is 12.8 Å². The molecule has 47 heavy (non-hydrogen) atoms. The van der Waals surface area contributed by atoms with Gasteiger partial charge in [0.25, 0.3) is 0 Å².